The van der Waals surface area contributed by atoms with Crippen molar-refractivity contribution in [3.05, 3.63) is 23.5 Å². The highest BCUT2D eigenvalue weighted by atomic mass is 35.5. The van der Waals surface area contributed by atoms with E-state index in [1.54, 1.807) is 17.5 Å². The molecule has 3 nitrogen and oxygen atoms in total. The number of nitrogens with two attached hydrogens (primary N) is 1. The number of nitrogens with zero attached hydrogens (tertiary/aromatic N) is 2. The van der Waals surface area contributed by atoms with E-state index in [9.17, 15) is 0 Å². The summed E-state index contributed by atoms with van der Waals surface area (Å²) in [6.45, 7) is 0.580. The second kappa shape index (κ2) is 3.21. The van der Waals surface area contributed by atoms with Gasteiger partial charge in [0.2, 0.25) is 0 Å². The molecule has 0 aliphatic heterocycles. The minimum absolute atomic E-state index is 0. The van der Waals surface area contributed by atoms with Crippen LogP contribution in [0.5, 0.6) is 0 Å². The number of thiazole rings is 1. The van der Waals surface area contributed by atoms with Crippen molar-refractivity contribution in [3.63, 3.8) is 0 Å². The molecule has 0 unspecified atom stereocenters. The molecule has 5 heteroatoms. The smallest absolute Gasteiger partial charge is 0.193 e. The standard InChI is InChI=1S/C6H7N3S.ClH/c7-3-5-4-10-6-8-1-2-9(5)6;/h1-2,4H,3,7H2;1H. The molecule has 0 aliphatic rings. The lowest BCUT2D eigenvalue weighted by Crippen LogP contribution is -1.98. The first-order valence-electron chi connectivity index (χ1n) is 3.01. The van der Waals surface area contributed by atoms with Crippen molar-refractivity contribution in [2.45, 2.75) is 6.54 Å². The molecule has 0 radical (unpaired) electrons. The number of rotatable bonds is 1. The van der Waals surface area contributed by atoms with Gasteiger partial charge in [0.1, 0.15) is 0 Å². The fraction of sp³-hybridized carbons (Fsp3) is 0.167. The number of hydrogen-bond acceptors (Lipinski definition) is 3. The number of hydrogen-bond donors (Lipinski definition) is 1. The van der Waals surface area contributed by atoms with Gasteiger partial charge in [-0.05, 0) is 0 Å². The molecule has 0 aliphatic carbocycles. The van der Waals surface area contributed by atoms with Crippen LogP contribution in [0.4, 0.5) is 0 Å². The Kier molecular flexibility index (Phi) is 2.49. The van der Waals surface area contributed by atoms with Crippen LogP contribution < -0.4 is 5.73 Å². The van der Waals surface area contributed by atoms with Crippen LogP contribution in [0.2, 0.25) is 0 Å². The molecule has 11 heavy (non-hydrogen) atoms. The van der Waals surface area contributed by atoms with E-state index >= 15 is 0 Å². The molecule has 0 aromatic carbocycles. The van der Waals surface area contributed by atoms with E-state index in [2.05, 4.69) is 4.98 Å². The lowest BCUT2D eigenvalue weighted by atomic mass is 10.5. The van der Waals surface area contributed by atoms with Crippen molar-refractivity contribution in [1.82, 2.24) is 9.38 Å². The Hall–Kier alpha value is -0.580. The molecule has 2 N–H and O–H groups in total. The molecule has 60 valence electrons. The van der Waals surface area contributed by atoms with Crippen LogP contribution in [-0.4, -0.2) is 9.38 Å². The third kappa shape index (κ3) is 1.24. The van der Waals surface area contributed by atoms with Gasteiger partial charge in [0.15, 0.2) is 4.96 Å². The van der Waals surface area contributed by atoms with Gasteiger partial charge in [0.05, 0.1) is 0 Å². The Morgan fingerprint density at radius 3 is 3.18 bits per heavy atom. The van der Waals surface area contributed by atoms with Crippen molar-refractivity contribution < 1.29 is 0 Å². The van der Waals surface area contributed by atoms with E-state index in [1.807, 2.05) is 16.0 Å². The molecular formula is C6H8ClN3S. The van der Waals surface area contributed by atoms with Crippen LogP contribution in [0.3, 0.4) is 0 Å². The number of fused-ring (bicyclic) bond motifs is 1. The van der Waals surface area contributed by atoms with E-state index in [0.717, 1.165) is 10.7 Å². The number of imidazole rings is 1. The van der Waals surface area contributed by atoms with Crippen molar-refractivity contribution in [3.8, 4) is 0 Å². The summed E-state index contributed by atoms with van der Waals surface area (Å²) in [5.74, 6) is 0. The highest BCUT2D eigenvalue weighted by Crippen LogP contribution is 2.12. The summed E-state index contributed by atoms with van der Waals surface area (Å²) in [6.07, 6.45) is 3.71. The van der Waals surface area contributed by atoms with Gasteiger partial charge in [-0.15, -0.1) is 23.7 Å². The molecule has 0 fully saturated rings. The van der Waals surface area contributed by atoms with Gasteiger partial charge >= 0.3 is 0 Å². The zero-order chi connectivity index (χ0) is 6.97. The Bertz CT molecular complexity index is 340. The highest BCUT2D eigenvalue weighted by Gasteiger charge is 1.99. The summed E-state index contributed by atoms with van der Waals surface area (Å²) < 4.78 is 2.00. The first-order valence-corrected chi connectivity index (χ1v) is 3.89. The van der Waals surface area contributed by atoms with Gasteiger partial charge in [-0.2, -0.15) is 0 Å². The predicted molar refractivity (Wildman–Crippen MR) is 48.2 cm³/mol. The predicted octanol–water partition coefficient (Wildman–Crippen LogP) is 1.28. The van der Waals surface area contributed by atoms with E-state index in [-0.39, 0.29) is 12.4 Å². The van der Waals surface area contributed by atoms with E-state index < -0.39 is 0 Å². The van der Waals surface area contributed by atoms with Crippen molar-refractivity contribution in [1.29, 1.82) is 0 Å². The SMILES string of the molecule is Cl.NCc1csc2nccn12. The Balaban J connectivity index is 0.000000605. The average Bonchev–Trinajstić information content (AvgIpc) is 2.44. The lowest BCUT2D eigenvalue weighted by molar-refractivity contribution is 0.966. The summed E-state index contributed by atoms with van der Waals surface area (Å²) in [4.78, 5) is 5.13. The van der Waals surface area contributed by atoms with Crippen LogP contribution in [-0.2, 0) is 6.54 Å². The fourth-order valence-electron chi connectivity index (χ4n) is 0.919. The normalized spacial score (nSPS) is 9.91. The fourth-order valence-corrected chi connectivity index (χ4v) is 1.78. The Morgan fingerprint density at radius 2 is 2.45 bits per heavy atom. The van der Waals surface area contributed by atoms with E-state index in [1.165, 1.54) is 0 Å². The minimum atomic E-state index is 0. The van der Waals surface area contributed by atoms with Crippen molar-refractivity contribution >= 4 is 28.7 Å². The first kappa shape index (κ1) is 8.52. The van der Waals surface area contributed by atoms with Gasteiger partial charge in [0.25, 0.3) is 0 Å². The summed E-state index contributed by atoms with van der Waals surface area (Å²) >= 11 is 1.62. The lowest BCUT2D eigenvalue weighted by Gasteiger charge is -1.89. The highest BCUT2D eigenvalue weighted by molar-refractivity contribution is 7.15. The van der Waals surface area contributed by atoms with Crippen LogP contribution >= 0.6 is 23.7 Å². The second-order valence-electron chi connectivity index (χ2n) is 2.01. The Morgan fingerprint density at radius 1 is 1.64 bits per heavy atom. The van der Waals surface area contributed by atoms with Crippen LogP contribution in [0.15, 0.2) is 17.8 Å². The molecular weight excluding hydrogens is 182 g/mol. The first-order chi connectivity index (χ1) is 4.92. The van der Waals surface area contributed by atoms with Crippen molar-refractivity contribution in [2.75, 3.05) is 0 Å². The molecule has 0 spiro atoms. The van der Waals surface area contributed by atoms with Gasteiger partial charge in [-0.1, -0.05) is 0 Å². The third-order valence-electron chi connectivity index (χ3n) is 1.43. The third-order valence-corrected chi connectivity index (χ3v) is 2.33. The summed E-state index contributed by atoms with van der Waals surface area (Å²) in [6, 6.07) is 0. The molecule has 0 saturated carbocycles. The number of halogens is 1. The molecule has 0 bridgehead atoms. The quantitative estimate of drug-likeness (QED) is 0.735. The molecule has 2 aromatic rings. The Labute approximate surface area is 74.3 Å². The zero-order valence-corrected chi connectivity index (χ0v) is 7.36. The van der Waals surface area contributed by atoms with Crippen molar-refractivity contribution in [2.24, 2.45) is 5.73 Å². The van der Waals surface area contributed by atoms with Gasteiger partial charge in [-0.3, -0.25) is 4.40 Å². The van der Waals surface area contributed by atoms with Crippen LogP contribution in [0, 0.1) is 0 Å². The molecule has 0 saturated heterocycles. The number of aromatic nitrogens is 2. The summed E-state index contributed by atoms with van der Waals surface area (Å²) in [5.41, 5.74) is 6.60. The van der Waals surface area contributed by atoms with E-state index in [4.69, 9.17) is 5.73 Å². The average molecular weight is 190 g/mol. The van der Waals surface area contributed by atoms with Crippen LogP contribution in [0.1, 0.15) is 5.69 Å². The topological polar surface area (TPSA) is 43.3 Å². The summed E-state index contributed by atoms with van der Waals surface area (Å²) in [5, 5.41) is 2.03. The molecule has 0 atom stereocenters. The molecule has 0 amide bonds. The molecule has 2 heterocycles. The maximum absolute atomic E-state index is 5.48. The molecule has 2 aromatic heterocycles. The minimum Gasteiger partial charge on any atom is -0.325 e. The van der Waals surface area contributed by atoms with Gasteiger partial charge in [-0.25, -0.2) is 4.98 Å². The van der Waals surface area contributed by atoms with Crippen LogP contribution in [0.25, 0.3) is 4.96 Å². The maximum Gasteiger partial charge on any atom is 0.193 e. The largest absolute Gasteiger partial charge is 0.325 e. The van der Waals surface area contributed by atoms with Gasteiger partial charge < -0.3 is 5.73 Å². The van der Waals surface area contributed by atoms with E-state index in [0.29, 0.717) is 6.54 Å². The summed E-state index contributed by atoms with van der Waals surface area (Å²) in [7, 11) is 0. The van der Waals surface area contributed by atoms with Gasteiger partial charge in [0, 0.05) is 30.0 Å². The maximum atomic E-state index is 5.48. The molecule has 2 rings (SSSR count). The zero-order valence-electron chi connectivity index (χ0n) is 5.73. The second-order valence-corrected chi connectivity index (χ2v) is 2.85. The monoisotopic (exact) mass is 189 g/mol.